The molecule has 1 aliphatic heterocycles. The summed E-state index contributed by atoms with van der Waals surface area (Å²) in [6, 6.07) is 12.2. The molecule has 3 unspecified atom stereocenters. The van der Waals surface area contributed by atoms with Crippen LogP contribution in [-0.2, 0) is 0 Å². The first-order chi connectivity index (χ1) is 12.6. The number of carbonyl (C=O) groups excluding carboxylic acids is 1. The summed E-state index contributed by atoms with van der Waals surface area (Å²) in [4.78, 5) is 13.0. The van der Waals surface area contributed by atoms with Gasteiger partial charge in [-0.15, -0.1) is 0 Å². The van der Waals surface area contributed by atoms with Crippen LogP contribution in [0.3, 0.4) is 0 Å². The number of nitrogens with one attached hydrogen (secondary N) is 2. The molecule has 2 aromatic rings. The summed E-state index contributed by atoms with van der Waals surface area (Å²) in [5.41, 5.74) is -3.16. The van der Waals surface area contributed by atoms with Gasteiger partial charge in [0, 0.05) is 10.6 Å². The summed E-state index contributed by atoms with van der Waals surface area (Å²) in [5.74, 6) is -2.80. The van der Waals surface area contributed by atoms with Crippen LogP contribution >= 0.6 is 23.8 Å². The number of alkyl halides is 3. The fraction of sp³-hybridized carbons (Fsp3) is 0.222. The predicted octanol–water partition coefficient (Wildman–Crippen LogP) is 3.61. The lowest BCUT2D eigenvalue weighted by molar-refractivity contribution is -0.285. The number of hydrogen-bond donors (Lipinski definition) is 3. The van der Waals surface area contributed by atoms with Crippen LogP contribution in [-0.4, -0.2) is 27.9 Å². The second-order valence-corrected chi connectivity index (χ2v) is 6.94. The predicted molar refractivity (Wildman–Crippen MR) is 98.3 cm³/mol. The van der Waals surface area contributed by atoms with Gasteiger partial charge in [0.05, 0.1) is 6.04 Å². The Morgan fingerprint density at radius 2 is 1.70 bits per heavy atom. The van der Waals surface area contributed by atoms with Crippen molar-refractivity contribution in [2.24, 2.45) is 5.92 Å². The Morgan fingerprint density at radius 1 is 1.11 bits per heavy atom. The van der Waals surface area contributed by atoms with E-state index < -0.39 is 34.8 Å². The van der Waals surface area contributed by atoms with Crippen LogP contribution in [0.2, 0.25) is 5.02 Å². The minimum Gasteiger partial charge on any atom is -0.363 e. The molecule has 0 saturated carbocycles. The Balaban J connectivity index is 2.15. The maximum Gasteiger partial charge on any atom is 0.437 e. The van der Waals surface area contributed by atoms with Crippen LogP contribution in [0.15, 0.2) is 54.6 Å². The highest BCUT2D eigenvalue weighted by Crippen LogP contribution is 2.44. The lowest BCUT2D eigenvalue weighted by Crippen LogP contribution is -2.72. The van der Waals surface area contributed by atoms with Gasteiger partial charge < -0.3 is 15.7 Å². The van der Waals surface area contributed by atoms with Crippen molar-refractivity contribution in [3.05, 3.63) is 70.7 Å². The number of carbonyl (C=O) groups is 1. The molecule has 0 bridgehead atoms. The number of thiocarbonyl (C=S) groups is 1. The smallest absolute Gasteiger partial charge is 0.363 e. The normalized spacial score (nSPS) is 25.4. The zero-order valence-corrected chi connectivity index (χ0v) is 15.2. The van der Waals surface area contributed by atoms with Crippen molar-refractivity contribution in [3.8, 4) is 0 Å². The number of hydrogen-bond acceptors (Lipinski definition) is 3. The van der Waals surface area contributed by atoms with Crippen molar-refractivity contribution in [1.29, 1.82) is 0 Å². The van der Waals surface area contributed by atoms with Crippen molar-refractivity contribution in [3.63, 3.8) is 0 Å². The van der Waals surface area contributed by atoms with Gasteiger partial charge in [-0.05, 0) is 29.9 Å². The topological polar surface area (TPSA) is 61.4 Å². The molecule has 1 fully saturated rings. The first-order valence-electron chi connectivity index (χ1n) is 7.86. The lowest BCUT2D eigenvalue weighted by atomic mass is 9.77. The molecule has 4 nitrogen and oxygen atoms in total. The standard InChI is InChI=1S/C18H14ClF3N2O2S/c19-12-8-6-10(7-9-12)14-13(15(25)11-4-2-1-3-5-11)17(26,18(20,21)22)24-16(27)23-14/h1-9,13-14,26H,(H2,23,24,27). The highest BCUT2D eigenvalue weighted by Gasteiger charge is 2.65. The van der Waals surface area contributed by atoms with E-state index in [1.165, 1.54) is 48.5 Å². The van der Waals surface area contributed by atoms with Gasteiger partial charge in [0.25, 0.3) is 0 Å². The number of rotatable bonds is 3. The Morgan fingerprint density at radius 3 is 2.26 bits per heavy atom. The van der Waals surface area contributed by atoms with Crippen LogP contribution in [0.4, 0.5) is 13.2 Å². The van der Waals surface area contributed by atoms with Crippen molar-refractivity contribution < 1.29 is 23.1 Å². The molecule has 3 atom stereocenters. The molecule has 1 aliphatic rings. The molecule has 1 heterocycles. The highest BCUT2D eigenvalue weighted by molar-refractivity contribution is 7.80. The monoisotopic (exact) mass is 414 g/mol. The molecule has 0 spiro atoms. The fourth-order valence-corrected chi connectivity index (χ4v) is 3.48. The van der Waals surface area contributed by atoms with Gasteiger partial charge in [-0.3, -0.25) is 4.79 Å². The number of aliphatic hydroxyl groups is 1. The average Bonchev–Trinajstić information content (AvgIpc) is 2.61. The van der Waals surface area contributed by atoms with Crippen LogP contribution < -0.4 is 10.6 Å². The van der Waals surface area contributed by atoms with Crippen LogP contribution in [0.1, 0.15) is 22.0 Å². The number of halogens is 4. The summed E-state index contributed by atoms with van der Waals surface area (Å²) in [7, 11) is 0. The maximum atomic E-state index is 13.8. The van der Waals surface area contributed by atoms with Gasteiger partial charge in [-0.1, -0.05) is 54.1 Å². The number of ketones is 1. The van der Waals surface area contributed by atoms with Gasteiger partial charge in [0.1, 0.15) is 5.92 Å². The van der Waals surface area contributed by atoms with Crippen LogP contribution in [0, 0.1) is 5.92 Å². The minimum absolute atomic E-state index is 0.0422. The molecule has 2 aromatic carbocycles. The first-order valence-corrected chi connectivity index (χ1v) is 8.64. The molecule has 9 heteroatoms. The Bertz CT molecular complexity index is 861. The zero-order valence-electron chi connectivity index (χ0n) is 13.6. The lowest BCUT2D eigenvalue weighted by Gasteiger charge is -2.46. The first kappa shape index (κ1) is 19.6. The van der Waals surface area contributed by atoms with E-state index in [9.17, 15) is 23.1 Å². The summed E-state index contributed by atoms with van der Waals surface area (Å²) < 4.78 is 41.4. The van der Waals surface area contributed by atoms with E-state index in [1.807, 2.05) is 5.32 Å². The second kappa shape index (κ2) is 7.10. The third-order valence-electron chi connectivity index (χ3n) is 4.38. The average molecular weight is 415 g/mol. The minimum atomic E-state index is -5.15. The summed E-state index contributed by atoms with van der Waals surface area (Å²) in [6.45, 7) is 0. The van der Waals surface area contributed by atoms with Gasteiger partial charge in [-0.2, -0.15) is 13.2 Å². The van der Waals surface area contributed by atoms with Crippen molar-refractivity contribution in [2.45, 2.75) is 17.9 Å². The molecule has 3 rings (SSSR count). The Hall–Kier alpha value is -2.16. The van der Waals surface area contributed by atoms with E-state index in [0.717, 1.165) is 0 Å². The molecule has 142 valence electrons. The molecular weight excluding hydrogens is 401 g/mol. The van der Waals surface area contributed by atoms with Crippen LogP contribution in [0.25, 0.3) is 0 Å². The molecule has 0 aromatic heterocycles. The summed E-state index contributed by atoms with van der Waals surface area (Å²) >= 11 is 10.7. The summed E-state index contributed by atoms with van der Waals surface area (Å²) in [5, 5.41) is 15.0. The van der Waals surface area contributed by atoms with E-state index >= 15 is 0 Å². The molecule has 1 saturated heterocycles. The molecule has 3 N–H and O–H groups in total. The third-order valence-corrected chi connectivity index (χ3v) is 4.85. The number of benzene rings is 2. The van der Waals surface area contributed by atoms with E-state index in [4.69, 9.17) is 23.8 Å². The van der Waals surface area contributed by atoms with Gasteiger partial charge in [0.15, 0.2) is 10.9 Å². The zero-order chi connectivity index (χ0) is 19.8. The van der Waals surface area contributed by atoms with Gasteiger partial charge in [-0.25, -0.2) is 0 Å². The van der Waals surface area contributed by atoms with Crippen molar-refractivity contribution in [2.75, 3.05) is 0 Å². The van der Waals surface area contributed by atoms with E-state index in [1.54, 1.807) is 6.07 Å². The molecule has 0 amide bonds. The van der Waals surface area contributed by atoms with E-state index in [2.05, 4.69) is 5.32 Å². The van der Waals surface area contributed by atoms with E-state index in [0.29, 0.717) is 10.6 Å². The summed E-state index contributed by atoms with van der Waals surface area (Å²) in [6.07, 6.45) is -5.15. The van der Waals surface area contributed by atoms with Crippen molar-refractivity contribution >= 4 is 34.7 Å². The second-order valence-electron chi connectivity index (χ2n) is 6.10. The highest BCUT2D eigenvalue weighted by atomic mass is 35.5. The quantitative estimate of drug-likeness (QED) is 0.529. The fourth-order valence-electron chi connectivity index (χ4n) is 3.07. The molecule has 27 heavy (non-hydrogen) atoms. The van der Waals surface area contributed by atoms with Crippen molar-refractivity contribution in [1.82, 2.24) is 10.6 Å². The van der Waals surface area contributed by atoms with Crippen LogP contribution in [0.5, 0.6) is 0 Å². The molecule has 0 radical (unpaired) electrons. The molecule has 0 aliphatic carbocycles. The number of Topliss-reactive ketones (excluding diaryl/α,β-unsaturated/α-hetero) is 1. The van der Waals surface area contributed by atoms with E-state index in [-0.39, 0.29) is 5.56 Å². The third kappa shape index (κ3) is 3.65. The van der Waals surface area contributed by atoms with Gasteiger partial charge >= 0.3 is 6.18 Å². The largest absolute Gasteiger partial charge is 0.437 e. The van der Waals surface area contributed by atoms with Gasteiger partial charge in [0.2, 0.25) is 5.72 Å². The molecular formula is C18H14ClF3N2O2S. The maximum absolute atomic E-state index is 13.8. The SMILES string of the molecule is O=C(c1ccccc1)C1C(c2ccc(Cl)cc2)NC(=S)NC1(O)C(F)(F)F. The Labute approximate surface area is 163 Å². The Kier molecular flexibility index (Phi) is 5.16.